The predicted molar refractivity (Wildman–Crippen MR) is 91.9 cm³/mol. The Morgan fingerprint density at radius 2 is 1.96 bits per heavy atom. The number of hydrogen-bond acceptors (Lipinski definition) is 3. The van der Waals surface area contributed by atoms with Gasteiger partial charge in [0.15, 0.2) is 0 Å². The zero-order valence-electron chi connectivity index (χ0n) is 14.3. The lowest BCUT2D eigenvalue weighted by Gasteiger charge is -2.18. The first-order valence-corrected chi connectivity index (χ1v) is 8.00. The van der Waals surface area contributed by atoms with Crippen LogP contribution in [0.2, 0.25) is 0 Å². The number of carbonyl (C=O) groups excluding carboxylic acids is 1. The molecule has 0 aliphatic carbocycles. The molecule has 0 aliphatic rings. The first kappa shape index (κ1) is 17.7. The fourth-order valence-electron chi connectivity index (χ4n) is 2.71. The largest absolute Gasteiger partial charge is 0.467 e. The quantitative estimate of drug-likeness (QED) is 0.727. The fraction of sp³-hybridized carbons (Fsp3) is 0.222. The molecule has 2 aromatic heterocycles. The van der Waals surface area contributed by atoms with E-state index in [1.165, 1.54) is 12.3 Å². The van der Waals surface area contributed by atoms with Crippen LogP contribution in [0.1, 0.15) is 23.2 Å². The smallest absolute Gasteiger partial charge is 0.319 e. The lowest BCUT2D eigenvalue weighted by molar-refractivity contribution is 0.249. The fourth-order valence-corrected chi connectivity index (χ4v) is 2.71. The second kappa shape index (κ2) is 7.38. The van der Waals surface area contributed by atoms with E-state index in [1.807, 2.05) is 19.9 Å². The number of halogens is 2. The molecule has 1 aromatic carbocycles. The van der Waals surface area contributed by atoms with Gasteiger partial charge in [0, 0.05) is 12.2 Å². The van der Waals surface area contributed by atoms with Crippen LogP contribution in [0.15, 0.2) is 47.1 Å². The molecule has 26 heavy (non-hydrogen) atoms. The number of amides is 2. The number of para-hydroxylation sites is 1. The summed E-state index contributed by atoms with van der Waals surface area (Å²) < 4.78 is 34.5. The molecule has 0 saturated carbocycles. The van der Waals surface area contributed by atoms with Gasteiger partial charge >= 0.3 is 6.03 Å². The van der Waals surface area contributed by atoms with Crippen LogP contribution >= 0.6 is 0 Å². The van der Waals surface area contributed by atoms with Crippen LogP contribution in [0.4, 0.5) is 19.3 Å². The van der Waals surface area contributed by atoms with Gasteiger partial charge < -0.3 is 15.1 Å². The molecule has 1 unspecified atom stereocenters. The Hall–Kier alpha value is -3.16. The zero-order chi connectivity index (χ0) is 18.7. The highest BCUT2D eigenvalue weighted by Gasteiger charge is 2.21. The first-order chi connectivity index (χ1) is 12.5. The minimum absolute atomic E-state index is 0.122. The van der Waals surface area contributed by atoms with Crippen LogP contribution in [-0.2, 0) is 0 Å². The summed E-state index contributed by atoms with van der Waals surface area (Å²) in [6.45, 7) is 3.88. The summed E-state index contributed by atoms with van der Waals surface area (Å²) in [5.74, 6) is -1.09. The van der Waals surface area contributed by atoms with E-state index in [-0.39, 0.29) is 6.54 Å². The van der Waals surface area contributed by atoms with E-state index in [0.29, 0.717) is 5.76 Å². The van der Waals surface area contributed by atoms with Gasteiger partial charge in [0.25, 0.3) is 0 Å². The van der Waals surface area contributed by atoms with Gasteiger partial charge in [-0.1, -0.05) is 6.07 Å². The Bertz CT molecular complexity index is 886. The highest BCUT2D eigenvalue weighted by atomic mass is 19.1. The van der Waals surface area contributed by atoms with E-state index in [1.54, 1.807) is 16.8 Å². The summed E-state index contributed by atoms with van der Waals surface area (Å²) in [5, 5.41) is 9.22. The average molecular weight is 360 g/mol. The summed E-state index contributed by atoms with van der Waals surface area (Å²) in [7, 11) is 0. The van der Waals surface area contributed by atoms with Gasteiger partial charge in [-0.3, -0.25) is 4.68 Å². The van der Waals surface area contributed by atoms with E-state index >= 15 is 0 Å². The normalized spacial score (nSPS) is 12.0. The van der Waals surface area contributed by atoms with Gasteiger partial charge in [0.05, 0.1) is 12.0 Å². The number of aromatic nitrogens is 2. The maximum absolute atomic E-state index is 13.6. The molecule has 0 aliphatic heterocycles. The Kier molecular flexibility index (Phi) is 5.01. The minimum atomic E-state index is -0.846. The van der Waals surface area contributed by atoms with Crippen molar-refractivity contribution in [1.82, 2.24) is 15.1 Å². The summed E-state index contributed by atoms with van der Waals surface area (Å²) >= 11 is 0. The number of nitrogens with zero attached hydrogens (tertiary/aromatic N) is 2. The maximum Gasteiger partial charge on any atom is 0.319 e. The molecule has 1 atom stereocenters. The number of furan rings is 1. The van der Waals surface area contributed by atoms with Gasteiger partial charge in [0.2, 0.25) is 0 Å². The van der Waals surface area contributed by atoms with Crippen LogP contribution in [0, 0.1) is 25.5 Å². The Morgan fingerprint density at radius 3 is 2.54 bits per heavy atom. The number of anilines is 1. The third-order valence-corrected chi connectivity index (χ3v) is 3.87. The average Bonchev–Trinajstić information content (AvgIpc) is 3.22. The lowest BCUT2D eigenvalue weighted by atomic mass is 10.2. The van der Waals surface area contributed by atoms with Crippen molar-refractivity contribution in [3.8, 4) is 0 Å². The molecule has 3 aromatic rings. The SMILES string of the molecule is Cc1cc(C)n(C(CNC(=O)Nc2c(F)cccc2F)c2ccco2)n1. The molecular weight excluding hydrogens is 342 g/mol. The molecule has 2 N–H and O–H groups in total. The van der Waals surface area contributed by atoms with Gasteiger partial charge in [-0.25, -0.2) is 13.6 Å². The minimum Gasteiger partial charge on any atom is -0.467 e. The standard InChI is InChI=1S/C18H18F2N4O2/c1-11-9-12(2)24(23-11)15(16-7-4-8-26-16)10-21-18(25)22-17-13(19)5-3-6-14(17)20/h3-9,15H,10H2,1-2H3,(H2,21,22,25). The van der Waals surface area contributed by atoms with E-state index < -0.39 is 29.4 Å². The lowest BCUT2D eigenvalue weighted by Crippen LogP contribution is -2.35. The van der Waals surface area contributed by atoms with Gasteiger partial charge in [-0.2, -0.15) is 5.10 Å². The van der Waals surface area contributed by atoms with E-state index in [4.69, 9.17) is 4.42 Å². The second-order valence-corrected chi connectivity index (χ2v) is 5.83. The van der Waals surface area contributed by atoms with Crippen LogP contribution in [0.25, 0.3) is 0 Å². The molecule has 0 bridgehead atoms. The monoisotopic (exact) mass is 360 g/mol. The number of benzene rings is 1. The van der Waals surface area contributed by atoms with Crippen molar-refractivity contribution in [2.24, 2.45) is 0 Å². The molecule has 2 amide bonds. The maximum atomic E-state index is 13.6. The molecule has 0 fully saturated rings. The number of nitrogens with one attached hydrogen (secondary N) is 2. The van der Waals surface area contributed by atoms with Crippen molar-refractivity contribution in [2.45, 2.75) is 19.9 Å². The Balaban J connectivity index is 1.74. The summed E-state index contributed by atoms with van der Waals surface area (Å²) in [6.07, 6.45) is 1.53. The van der Waals surface area contributed by atoms with E-state index in [9.17, 15) is 13.6 Å². The molecule has 8 heteroatoms. The number of carbonyl (C=O) groups is 1. The van der Waals surface area contributed by atoms with Crippen LogP contribution in [-0.4, -0.2) is 22.4 Å². The first-order valence-electron chi connectivity index (χ1n) is 8.00. The molecule has 2 heterocycles. The van der Waals surface area contributed by atoms with Crippen molar-refractivity contribution in [3.05, 3.63) is 71.4 Å². The summed E-state index contributed by atoms with van der Waals surface area (Å²) in [6, 6.07) is 7.66. The highest BCUT2D eigenvalue weighted by molar-refractivity contribution is 5.89. The highest BCUT2D eigenvalue weighted by Crippen LogP contribution is 2.21. The topological polar surface area (TPSA) is 72.1 Å². The molecule has 6 nitrogen and oxygen atoms in total. The Labute approximate surface area is 148 Å². The summed E-state index contributed by atoms with van der Waals surface area (Å²) in [4.78, 5) is 12.1. The number of rotatable bonds is 5. The molecule has 136 valence electrons. The van der Waals surface area contributed by atoms with Crippen molar-refractivity contribution in [3.63, 3.8) is 0 Å². The third kappa shape index (κ3) is 3.74. The van der Waals surface area contributed by atoms with Crippen LogP contribution < -0.4 is 10.6 Å². The van der Waals surface area contributed by atoms with Crippen molar-refractivity contribution in [1.29, 1.82) is 0 Å². The van der Waals surface area contributed by atoms with Gasteiger partial charge in [-0.05, 0) is 44.2 Å². The predicted octanol–water partition coefficient (Wildman–Crippen LogP) is 3.78. The molecular formula is C18H18F2N4O2. The van der Waals surface area contributed by atoms with Crippen molar-refractivity contribution in [2.75, 3.05) is 11.9 Å². The number of urea groups is 1. The molecule has 0 radical (unpaired) electrons. The summed E-state index contributed by atoms with van der Waals surface area (Å²) in [5.41, 5.74) is 1.23. The molecule has 3 rings (SSSR count). The molecule has 0 saturated heterocycles. The van der Waals surface area contributed by atoms with Crippen molar-refractivity contribution < 1.29 is 18.0 Å². The van der Waals surface area contributed by atoms with Gasteiger partial charge in [-0.15, -0.1) is 0 Å². The van der Waals surface area contributed by atoms with E-state index in [0.717, 1.165) is 23.5 Å². The second-order valence-electron chi connectivity index (χ2n) is 5.83. The molecule has 0 spiro atoms. The van der Waals surface area contributed by atoms with Gasteiger partial charge in [0.1, 0.15) is 29.1 Å². The van der Waals surface area contributed by atoms with Crippen LogP contribution in [0.5, 0.6) is 0 Å². The number of aryl methyl sites for hydroxylation is 2. The van der Waals surface area contributed by atoms with E-state index in [2.05, 4.69) is 15.7 Å². The number of hydrogen-bond donors (Lipinski definition) is 2. The Morgan fingerprint density at radius 1 is 1.23 bits per heavy atom. The van der Waals surface area contributed by atoms with Crippen molar-refractivity contribution >= 4 is 11.7 Å². The van der Waals surface area contributed by atoms with Crippen LogP contribution in [0.3, 0.4) is 0 Å². The zero-order valence-corrected chi connectivity index (χ0v) is 14.3. The third-order valence-electron chi connectivity index (χ3n) is 3.87.